The van der Waals surface area contributed by atoms with Crippen molar-refractivity contribution in [3.63, 3.8) is 0 Å². The molecule has 0 aromatic heterocycles. The highest BCUT2D eigenvalue weighted by Gasteiger charge is 2.32. The van der Waals surface area contributed by atoms with E-state index >= 15 is 0 Å². The Morgan fingerprint density at radius 1 is 1.33 bits per heavy atom. The van der Waals surface area contributed by atoms with Crippen molar-refractivity contribution < 1.29 is 17.7 Å². The number of aliphatic hydroxyl groups excluding tert-OH is 1. The molecular formula is C15H23NO4S. The number of hydrogen-bond acceptors (Lipinski definition) is 5. The van der Waals surface area contributed by atoms with Gasteiger partial charge in [0, 0.05) is 25.6 Å². The molecule has 1 aliphatic rings. The molecule has 0 bridgehead atoms. The van der Waals surface area contributed by atoms with E-state index in [-0.39, 0.29) is 5.92 Å². The van der Waals surface area contributed by atoms with Crippen molar-refractivity contribution in [1.82, 2.24) is 4.90 Å². The summed E-state index contributed by atoms with van der Waals surface area (Å²) in [7, 11) is -3.50. The van der Waals surface area contributed by atoms with Gasteiger partial charge in [0.05, 0.1) is 18.5 Å². The van der Waals surface area contributed by atoms with Gasteiger partial charge in [0.25, 0.3) is 10.1 Å². The van der Waals surface area contributed by atoms with Crippen LogP contribution < -0.4 is 0 Å². The van der Waals surface area contributed by atoms with Crippen molar-refractivity contribution in [2.75, 3.05) is 19.3 Å². The zero-order chi connectivity index (χ0) is 15.5. The van der Waals surface area contributed by atoms with E-state index in [9.17, 15) is 13.5 Å². The SMILES string of the molecule is CC1C(O)CN(Cc2ccccc2)CCC1OS(C)(=O)=O. The Morgan fingerprint density at radius 3 is 2.62 bits per heavy atom. The van der Waals surface area contributed by atoms with Gasteiger partial charge < -0.3 is 5.11 Å². The number of hydrogen-bond donors (Lipinski definition) is 1. The molecular weight excluding hydrogens is 290 g/mol. The van der Waals surface area contributed by atoms with Gasteiger partial charge in [-0.05, 0) is 12.0 Å². The molecule has 21 heavy (non-hydrogen) atoms. The van der Waals surface area contributed by atoms with Gasteiger partial charge in [-0.2, -0.15) is 8.42 Å². The highest BCUT2D eigenvalue weighted by atomic mass is 32.2. The maximum atomic E-state index is 11.3. The first-order valence-corrected chi connectivity index (χ1v) is 8.99. The van der Waals surface area contributed by atoms with Crippen molar-refractivity contribution in [3.8, 4) is 0 Å². The van der Waals surface area contributed by atoms with Crippen molar-refractivity contribution in [2.45, 2.75) is 32.1 Å². The van der Waals surface area contributed by atoms with Gasteiger partial charge in [-0.15, -0.1) is 0 Å². The lowest BCUT2D eigenvalue weighted by Gasteiger charge is -2.24. The number of aliphatic hydroxyl groups is 1. The van der Waals surface area contributed by atoms with E-state index in [0.717, 1.165) is 12.8 Å². The van der Waals surface area contributed by atoms with Crippen LogP contribution in [0, 0.1) is 5.92 Å². The molecule has 1 aromatic carbocycles. The molecule has 3 unspecified atom stereocenters. The molecule has 1 aromatic rings. The van der Waals surface area contributed by atoms with Gasteiger partial charge in [-0.1, -0.05) is 37.3 Å². The van der Waals surface area contributed by atoms with E-state index in [1.165, 1.54) is 5.56 Å². The van der Waals surface area contributed by atoms with Crippen molar-refractivity contribution >= 4 is 10.1 Å². The second-order valence-corrected chi connectivity index (χ2v) is 7.38. The molecule has 0 radical (unpaired) electrons. The van der Waals surface area contributed by atoms with E-state index in [1.54, 1.807) is 0 Å². The van der Waals surface area contributed by atoms with E-state index in [4.69, 9.17) is 4.18 Å². The normalized spacial score (nSPS) is 28.2. The molecule has 1 N–H and O–H groups in total. The smallest absolute Gasteiger partial charge is 0.264 e. The highest BCUT2D eigenvalue weighted by Crippen LogP contribution is 2.23. The summed E-state index contributed by atoms with van der Waals surface area (Å²) in [6, 6.07) is 10.0. The zero-order valence-electron chi connectivity index (χ0n) is 12.5. The second kappa shape index (κ2) is 6.87. The molecule has 0 amide bonds. The molecule has 6 heteroatoms. The first-order chi connectivity index (χ1) is 9.85. The van der Waals surface area contributed by atoms with Crippen molar-refractivity contribution in [1.29, 1.82) is 0 Å². The van der Waals surface area contributed by atoms with Crippen LogP contribution in [0.25, 0.3) is 0 Å². The highest BCUT2D eigenvalue weighted by molar-refractivity contribution is 7.86. The summed E-state index contributed by atoms with van der Waals surface area (Å²) >= 11 is 0. The predicted molar refractivity (Wildman–Crippen MR) is 81.2 cm³/mol. The van der Waals surface area contributed by atoms with Gasteiger partial charge in [0.2, 0.25) is 0 Å². The van der Waals surface area contributed by atoms with E-state index in [0.29, 0.717) is 19.5 Å². The Balaban J connectivity index is 2.03. The summed E-state index contributed by atoms with van der Waals surface area (Å²) in [4.78, 5) is 2.14. The standard InChI is InChI=1S/C15H23NO4S/c1-12-14(17)11-16(10-13-6-4-3-5-7-13)9-8-15(12)20-21(2,18)19/h3-7,12,14-15,17H,8-11H2,1-2H3. The van der Waals surface area contributed by atoms with Crippen LogP contribution >= 0.6 is 0 Å². The fourth-order valence-electron chi connectivity index (χ4n) is 2.69. The minimum Gasteiger partial charge on any atom is -0.391 e. The molecule has 0 aliphatic carbocycles. The third kappa shape index (κ3) is 5.07. The van der Waals surface area contributed by atoms with E-state index < -0.39 is 22.3 Å². The molecule has 2 rings (SSSR count). The topological polar surface area (TPSA) is 66.8 Å². The van der Waals surface area contributed by atoms with Gasteiger partial charge >= 0.3 is 0 Å². The summed E-state index contributed by atoms with van der Waals surface area (Å²) in [5, 5.41) is 10.3. The van der Waals surface area contributed by atoms with Gasteiger partial charge in [-0.25, -0.2) is 0 Å². The lowest BCUT2D eigenvalue weighted by molar-refractivity contribution is 0.0404. The Morgan fingerprint density at radius 2 is 2.00 bits per heavy atom. The number of nitrogens with zero attached hydrogens (tertiary/aromatic N) is 1. The molecule has 1 fully saturated rings. The molecule has 1 saturated heterocycles. The number of likely N-dealkylation sites (tertiary alicyclic amines) is 1. The quantitative estimate of drug-likeness (QED) is 0.847. The molecule has 0 saturated carbocycles. The lowest BCUT2D eigenvalue weighted by Crippen LogP contribution is -2.35. The molecule has 3 atom stereocenters. The molecule has 0 spiro atoms. The van der Waals surface area contributed by atoms with Gasteiger partial charge in [-0.3, -0.25) is 9.08 Å². The van der Waals surface area contributed by atoms with E-state index in [2.05, 4.69) is 4.90 Å². The monoisotopic (exact) mass is 313 g/mol. The van der Waals surface area contributed by atoms with Crippen LogP contribution in [-0.2, 0) is 20.8 Å². The van der Waals surface area contributed by atoms with Crippen LogP contribution in [0.5, 0.6) is 0 Å². The minimum absolute atomic E-state index is 0.208. The molecule has 5 nitrogen and oxygen atoms in total. The van der Waals surface area contributed by atoms with Crippen molar-refractivity contribution in [3.05, 3.63) is 35.9 Å². The van der Waals surface area contributed by atoms with Crippen LogP contribution in [0.1, 0.15) is 18.9 Å². The summed E-state index contributed by atoms with van der Waals surface area (Å²) in [5.74, 6) is -0.208. The average Bonchev–Trinajstić information content (AvgIpc) is 2.52. The Labute approximate surface area is 126 Å². The van der Waals surface area contributed by atoms with Crippen LogP contribution in [-0.4, -0.2) is 50.0 Å². The Hall–Kier alpha value is -0.950. The van der Waals surface area contributed by atoms with Crippen molar-refractivity contribution in [2.24, 2.45) is 5.92 Å². The fourth-order valence-corrected chi connectivity index (χ4v) is 3.41. The Bertz CT molecular complexity index is 546. The Kier molecular flexibility index (Phi) is 5.37. The summed E-state index contributed by atoms with van der Waals surface area (Å²) in [6.45, 7) is 3.82. The molecule has 1 heterocycles. The number of β-amino-alcohol motifs (C(OH)–C–C–N with tert-alkyl or cyclic N) is 1. The second-order valence-electron chi connectivity index (χ2n) is 5.77. The van der Waals surface area contributed by atoms with Crippen LogP contribution in [0.4, 0.5) is 0 Å². The first-order valence-electron chi connectivity index (χ1n) is 7.18. The maximum Gasteiger partial charge on any atom is 0.264 e. The predicted octanol–water partition coefficient (Wildman–Crippen LogP) is 1.23. The van der Waals surface area contributed by atoms with E-state index in [1.807, 2.05) is 37.3 Å². The molecule has 1 aliphatic heterocycles. The van der Waals surface area contributed by atoms with Crippen LogP contribution in [0.15, 0.2) is 30.3 Å². The average molecular weight is 313 g/mol. The third-order valence-electron chi connectivity index (χ3n) is 3.92. The largest absolute Gasteiger partial charge is 0.391 e. The fraction of sp³-hybridized carbons (Fsp3) is 0.600. The lowest BCUT2D eigenvalue weighted by atomic mass is 9.97. The number of benzene rings is 1. The summed E-state index contributed by atoms with van der Waals surface area (Å²) in [6.07, 6.45) is 0.593. The van der Waals surface area contributed by atoms with Crippen LogP contribution in [0.3, 0.4) is 0 Å². The van der Waals surface area contributed by atoms with Gasteiger partial charge in [0.15, 0.2) is 0 Å². The zero-order valence-corrected chi connectivity index (χ0v) is 13.3. The molecule has 118 valence electrons. The summed E-state index contributed by atoms with van der Waals surface area (Å²) < 4.78 is 27.8. The summed E-state index contributed by atoms with van der Waals surface area (Å²) in [5.41, 5.74) is 1.18. The minimum atomic E-state index is -3.50. The van der Waals surface area contributed by atoms with Gasteiger partial charge in [0.1, 0.15) is 0 Å². The van der Waals surface area contributed by atoms with Crippen LogP contribution in [0.2, 0.25) is 0 Å². The third-order valence-corrected chi connectivity index (χ3v) is 4.51. The maximum absolute atomic E-state index is 11.3. The number of rotatable bonds is 4. The first kappa shape index (κ1) is 16.4.